The maximum Gasteiger partial charge on any atom is 0.246 e. The average Bonchev–Trinajstić information content (AvgIpc) is 2.29. The van der Waals surface area contributed by atoms with Gasteiger partial charge in [-0.3, -0.25) is 9.59 Å². The fourth-order valence-corrected chi connectivity index (χ4v) is 1.75. The Balaban J connectivity index is 3.72. The van der Waals surface area contributed by atoms with Crippen molar-refractivity contribution in [1.29, 1.82) is 0 Å². The van der Waals surface area contributed by atoms with Gasteiger partial charge in [-0.25, -0.2) is 0 Å². The van der Waals surface area contributed by atoms with Crippen LogP contribution in [0.15, 0.2) is 0 Å². The molecule has 0 aliphatic rings. The Labute approximate surface area is 110 Å². The van der Waals surface area contributed by atoms with Gasteiger partial charge in [0.25, 0.3) is 0 Å². The minimum Gasteiger partial charge on any atom is -0.372 e. The average molecular weight is 257 g/mol. The predicted octanol–water partition coefficient (Wildman–Crippen LogP) is 2.31. The number of amides is 1. The molecule has 1 N–H and O–H groups in total. The highest BCUT2D eigenvalue weighted by molar-refractivity contribution is 5.88. The van der Waals surface area contributed by atoms with Crippen molar-refractivity contribution in [1.82, 2.24) is 5.32 Å². The number of Topliss-reactive ketones (excluding diaryl/α,β-unsaturated/α-hetero) is 1. The number of carbonyl (C=O) groups excluding carboxylic acids is 2. The van der Waals surface area contributed by atoms with Crippen LogP contribution in [0, 0.1) is 5.92 Å². The smallest absolute Gasteiger partial charge is 0.246 e. The molecule has 0 radical (unpaired) electrons. The third kappa shape index (κ3) is 8.23. The molecule has 106 valence electrons. The maximum atomic E-state index is 11.6. The van der Waals surface area contributed by atoms with Crippen LogP contribution in [0.5, 0.6) is 0 Å². The largest absolute Gasteiger partial charge is 0.372 e. The minimum absolute atomic E-state index is 0.0127. The second-order valence-electron chi connectivity index (χ2n) is 5.01. The standard InChI is InChI=1S/C14H27NO3/c1-5-6-7-8-9-18-10-13(17)15-14(11(2)3)12(4)16/h11,14H,5-10H2,1-4H3,(H,15,17). The quantitative estimate of drug-likeness (QED) is 0.611. The number of ketones is 1. The van der Waals surface area contributed by atoms with Crippen molar-refractivity contribution in [2.45, 2.75) is 59.4 Å². The van der Waals surface area contributed by atoms with Crippen LogP contribution in [-0.4, -0.2) is 30.9 Å². The Morgan fingerprint density at radius 2 is 1.83 bits per heavy atom. The fourth-order valence-electron chi connectivity index (χ4n) is 1.75. The first kappa shape index (κ1) is 17.1. The second kappa shape index (κ2) is 10.1. The maximum absolute atomic E-state index is 11.6. The van der Waals surface area contributed by atoms with Crippen molar-refractivity contribution in [3.8, 4) is 0 Å². The van der Waals surface area contributed by atoms with Gasteiger partial charge >= 0.3 is 0 Å². The van der Waals surface area contributed by atoms with Gasteiger partial charge in [-0.2, -0.15) is 0 Å². The molecule has 0 saturated heterocycles. The van der Waals surface area contributed by atoms with Crippen molar-refractivity contribution in [2.75, 3.05) is 13.2 Å². The molecule has 4 nitrogen and oxygen atoms in total. The summed E-state index contributed by atoms with van der Waals surface area (Å²) in [6, 6.07) is -0.402. The van der Waals surface area contributed by atoms with Crippen molar-refractivity contribution in [3.05, 3.63) is 0 Å². The van der Waals surface area contributed by atoms with E-state index in [1.54, 1.807) is 0 Å². The van der Waals surface area contributed by atoms with Gasteiger partial charge in [0.05, 0.1) is 6.04 Å². The van der Waals surface area contributed by atoms with Crippen molar-refractivity contribution >= 4 is 11.7 Å². The number of ether oxygens (including phenoxy) is 1. The molecule has 0 aromatic carbocycles. The van der Waals surface area contributed by atoms with Gasteiger partial charge in [0.2, 0.25) is 5.91 Å². The number of hydrogen-bond acceptors (Lipinski definition) is 3. The molecule has 0 bridgehead atoms. The molecular formula is C14H27NO3. The number of rotatable bonds is 10. The Hall–Kier alpha value is -0.900. The third-order valence-electron chi connectivity index (χ3n) is 2.80. The lowest BCUT2D eigenvalue weighted by Crippen LogP contribution is -2.44. The van der Waals surface area contributed by atoms with Crippen LogP contribution < -0.4 is 5.32 Å². The van der Waals surface area contributed by atoms with Crippen LogP contribution in [-0.2, 0) is 14.3 Å². The molecule has 0 aliphatic heterocycles. The van der Waals surface area contributed by atoms with Crippen LogP contribution in [0.25, 0.3) is 0 Å². The molecule has 0 aliphatic carbocycles. The van der Waals surface area contributed by atoms with E-state index < -0.39 is 6.04 Å². The molecule has 0 fully saturated rings. The molecule has 0 spiro atoms. The second-order valence-corrected chi connectivity index (χ2v) is 5.01. The normalized spacial score (nSPS) is 12.5. The Morgan fingerprint density at radius 1 is 1.17 bits per heavy atom. The van der Waals surface area contributed by atoms with Crippen LogP contribution >= 0.6 is 0 Å². The molecule has 0 saturated carbocycles. The number of hydrogen-bond donors (Lipinski definition) is 1. The van der Waals surface area contributed by atoms with Crippen LogP contribution in [0.3, 0.4) is 0 Å². The van der Waals surface area contributed by atoms with E-state index in [2.05, 4.69) is 12.2 Å². The van der Waals surface area contributed by atoms with Crippen LogP contribution in [0.2, 0.25) is 0 Å². The summed E-state index contributed by atoms with van der Waals surface area (Å²) >= 11 is 0. The van der Waals surface area contributed by atoms with E-state index >= 15 is 0 Å². The first-order valence-electron chi connectivity index (χ1n) is 6.86. The Morgan fingerprint density at radius 3 is 2.33 bits per heavy atom. The Kier molecular flexibility index (Phi) is 9.56. The zero-order valence-electron chi connectivity index (χ0n) is 12.1. The van der Waals surface area contributed by atoms with Gasteiger partial charge in [0, 0.05) is 6.61 Å². The summed E-state index contributed by atoms with van der Waals surface area (Å²) in [5.74, 6) is -0.114. The Bertz CT molecular complexity index is 251. The molecule has 0 heterocycles. The van der Waals surface area contributed by atoms with E-state index in [9.17, 15) is 9.59 Å². The number of nitrogens with one attached hydrogen (secondary N) is 1. The summed E-state index contributed by atoms with van der Waals surface area (Å²) in [6.45, 7) is 8.14. The molecule has 0 aromatic rings. The first-order valence-corrected chi connectivity index (χ1v) is 6.86. The molecule has 0 aromatic heterocycles. The highest BCUT2D eigenvalue weighted by Crippen LogP contribution is 2.03. The van der Waals surface area contributed by atoms with E-state index in [0.717, 1.165) is 12.8 Å². The number of carbonyl (C=O) groups is 2. The van der Waals surface area contributed by atoms with Gasteiger partial charge in [0.15, 0.2) is 5.78 Å². The summed E-state index contributed by atoms with van der Waals surface area (Å²) in [7, 11) is 0. The summed E-state index contributed by atoms with van der Waals surface area (Å²) in [5, 5.41) is 2.70. The van der Waals surface area contributed by atoms with Gasteiger partial charge in [-0.15, -0.1) is 0 Å². The third-order valence-corrected chi connectivity index (χ3v) is 2.80. The fraction of sp³-hybridized carbons (Fsp3) is 0.857. The van der Waals surface area contributed by atoms with Gasteiger partial charge in [0.1, 0.15) is 6.61 Å². The van der Waals surface area contributed by atoms with E-state index in [4.69, 9.17) is 4.74 Å². The molecular weight excluding hydrogens is 230 g/mol. The van der Waals surface area contributed by atoms with Crippen LogP contribution in [0.1, 0.15) is 53.4 Å². The molecule has 1 atom stereocenters. The molecule has 18 heavy (non-hydrogen) atoms. The SMILES string of the molecule is CCCCCCOCC(=O)NC(C(C)=O)C(C)C. The van der Waals surface area contributed by atoms with E-state index in [1.165, 1.54) is 19.8 Å². The monoisotopic (exact) mass is 257 g/mol. The van der Waals surface area contributed by atoms with Crippen molar-refractivity contribution < 1.29 is 14.3 Å². The molecule has 4 heteroatoms. The zero-order valence-corrected chi connectivity index (χ0v) is 12.1. The van der Waals surface area contributed by atoms with E-state index in [-0.39, 0.29) is 24.2 Å². The van der Waals surface area contributed by atoms with Crippen molar-refractivity contribution in [3.63, 3.8) is 0 Å². The summed E-state index contributed by atoms with van der Waals surface area (Å²) < 4.78 is 5.28. The first-order chi connectivity index (χ1) is 8.49. The van der Waals surface area contributed by atoms with Gasteiger partial charge < -0.3 is 10.1 Å². The lowest BCUT2D eigenvalue weighted by atomic mass is 10.0. The summed E-state index contributed by atoms with van der Waals surface area (Å²) in [6.07, 6.45) is 4.52. The highest BCUT2D eigenvalue weighted by Gasteiger charge is 2.20. The van der Waals surface area contributed by atoms with Gasteiger partial charge in [-0.05, 0) is 19.3 Å². The summed E-state index contributed by atoms with van der Waals surface area (Å²) in [4.78, 5) is 22.9. The topological polar surface area (TPSA) is 55.4 Å². The summed E-state index contributed by atoms with van der Waals surface area (Å²) in [5.41, 5.74) is 0. The molecule has 1 amide bonds. The molecule has 1 unspecified atom stereocenters. The molecule has 0 rings (SSSR count). The highest BCUT2D eigenvalue weighted by atomic mass is 16.5. The van der Waals surface area contributed by atoms with E-state index in [0.29, 0.717) is 6.61 Å². The van der Waals surface area contributed by atoms with Crippen LogP contribution in [0.4, 0.5) is 0 Å². The minimum atomic E-state index is -0.402. The number of unbranched alkanes of at least 4 members (excludes halogenated alkanes) is 3. The predicted molar refractivity (Wildman–Crippen MR) is 72.4 cm³/mol. The lowest BCUT2D eigenvalue weighted by molar-refractivity contribution is -0.130. The zero-order chi connectivity index (χ0) is 14.0. The van der Waals surface area contributed by atoms with Gasteiger partial charge in [-0.1, -0.05) is 40.0 Å². The lowest BCUT2D eigenvalue weighted by Gasteiger charge is -2.19. The van der Waals surface area contributed by atoms with E-state index in [1.807, 2.05) is 13.8 Å². The van der Waals surface area contributed by atoms with Crippen molar-refractivity contribution in [2.24, 2.45) is 5.92 Å².